The minimum atomic E-state index is -1.55. The van der Waals surface area contributed by atoms with E-state index in [2.05, 4.69) is 4.99 Å². The van der Waals surface area contributed by atoms with E-state index >= 15 is 4.39 Å². The molecule has 3 rings (SSSR count). The molecule has 7 nitrogen and oxygen atoms in total. The Balaban J connectivity index is 1.73. The van der Waals surface area contributed by atoms with Gasteiger partial charge < -0.3 is 19.0 Å². The van der Waals surface area contributed by atoms with Crippen LogP contribution in [0.4, 0.5) is 9.18 Å². The zero-order chi connectivity index (χ0) is 21.9. The van der Waals surface area contributed by atoms with Gasteiger partial charge in [-0.1, -0.05) is 42.1 Å². The van der Waals surface area contributed by atoms with Gasteiger partial charge in [0.1, 0.15) is 29.3 Å². The second kappa shape index (κ2) is 9.45. The minimum absolute atomic E-state index is 0.153. The quantitative estimate of drug-likeness (QED) is 0.654. The van der Waals surface area contributed by atoms with Gasteiger partial charge in [-0.05, 0) is 33.3 Å². The number of nitrogens with zero attached hydrogens (tertiary/aromatic N) is 2. The maximum atomic E-state index is 15.3. The van der Waals surface area contributed by atoms with Gasteiger partial charge >= 0.3 is 6.09 Å². The molecule has 1 aromatic rings. The molecule has 0 aliphatic carbocycles. The number of fused-ring (bicyclic) bond motifs is 1. The first-order valence-electron chi connectivity index (χ1n) is 9.89. The van der Waals surface area contributed by atoms with Gasteiger partial charge in [-0.2, -0.15) is 0 Å². The van der Waals surface area contributed by atoms with Crippen LogP contribution in [0, 0.1) is 0 Å². The second-order valence-electron chi connectivity index (χ2n) is 8.06. The van der Waals surface area contributed by atoms with E-state index < -0.39 is 41.6 Å². The van der Waals surface area contributed by atoms with Crippen LogP contribution >= 0.6 is 11.8 Å². The molecule has 0 unspecified atom stereocenters. The number of benzene rings is 1. The number of ether oxygens (including phenoxy) is 3. The predicted octanol–water partition coefficient (Wildman–Crippen LogP) is 3.56. The van der Waals surface area contributed by atoms with E-state index in [1.807, 2.05) is 30.3 Å². The standard InChI is InChI=1S/C21H27FN2O5S/c1-5-24(20(26)29-21(2,3)4)19-23-16-15(22)17(14(11-25)28-18(16)30-19)27-12-13-9-7-6-8-10-13/h6-11,14-18H,5,12H2,1-4H3/t14-,15-,16-,17-,18-/m1/s1. The predicted molar refractivity (Wildman–Crippen MR) is 112 cm³/mol. The number of hydrogen-bond acceptors (Lipinski definition) is 7. The van der Waals surface area contributed by atoms with E-state index in [0.717, 1.165) is 17.3 Å². The van der Waals surface area contributed by atoms with Crippen molar-refractivity contribution < 1.29 is 28.2 Å². The number of amides is 1. The molecule has 1 fully saturated rings. The van der Waals surface area contributed by atoms with Gasteiger partial charge in [0.05, 0.1) is 6.61 Å². The summed E-state index contributed by atoms with van der Waals surface area (Å²) in [7, 11) is 0. The van der Waals surface area contributed by atoms with Crippen LogP contribution < -0.4 is 0 Å². The normalized spacial score (nSPS) is 28.4. The van der Waals surface area contributed by atoms with Gasteiger partial charge in [-0.25, -0.2) is 9.18 Å². The highest BCUT2D eigenvalue weighted by Crippen LogP contribution is 2.39. The Morgan fingerprint density at radius 1 is 1.33 bits per heavy atom. The third-order valence-corrected chi connectivity index (χ3v) is 5.75. The molecule has 164 valence electrons. The van der Waals surface area contributed by atoms with Crippen molar-refractivity contribution in [1.82, 2.24) is 4.90 Å². The third-order valence-electron chi connectivity index (χ3n) is 4.60. The first-order chi connectivity index (χ1) is 14.2. The Hall–Kier alpha value is -1.97. The molecule has 0 N–H and O–H groups in total. The first kappa shape index (κ1) is 22.7. The second-order valence-corrected chi connectivity index (χ2v) is 9.12. The van der Waals surface area contributed by atoms with Gasteiger partial charge in [0.15, 0.2) is 17.6 Å². The lowest BCUT2D eigenvalue weighted by molar-refractivity contribution is -0.164. The molecule has 2 heterocycles. The summed E-state index contributed by atoms with van der Waals surface area (Å²) >= 11 is 1.12. The van der Waals surface area contributed by atoms with Crippen LogP contribution in [0.3, 0.4) is 0 Å². The number of aliphatic imine (C=N–C) groups is 1. The molecule has 2 aliphatic heterocycles. The van der Waals surface area contributed by atoms with E-state index in [-0.39, 0.29) is 6.61 Å². The topological polar surface area (TPSA) is 77.4 Å². The summed E-state index contributed by atoms with van der Waals surface area (Å²) in [5, 5.41) is 0.317. The highest BCUT2D eigenvalue weighted by molar-refractivity contribution is 8.14. The lowest BCUT2D eigenvalue weighted by Crippen LogP contribution is -2.54. The summed E-state index contributed by atoms with van der Waals surface area (Å²) in [5.74, 6) is 0. The molecule has 1 amide bonds. The molecule has 5 atom stereocenters. The molecule has 0 spiro atoms. The summed E-state index contributed by atoms with van der Waals surface area (Å²) in [5.41, 5.74) is -0.513. The van der Waals surface area contributed by atoms with Crippen molar-refractivity contribution in [2.45, 2.75) is 69.8 Å². The third kappa shape index (κ3) is 5.19. The fourth-order valence-corrected chi connectivity index (χ4v) is 4.44. The number of hydrogen-bond donors (Lipinski definition) is 0. The molecule has 0 bridgehead atoms. The van der Waals surface area contributed by atoms with Crippen molar-refractivity contribution >= 4 is 29.3 Å². The number of carbonyl (C=O) groups excluding carboxylic acids is 2. The number of thioether (sulfide) groups is 1. The number of amidine groups is 1. The maximum Gasteiger partial charge on any atom is 0.416 e. The fourth-order valence-electron chi connectivity index (χ4n) is 3.19. The van der Waals surface area contributed by atoms with Crippen LogP contribution in [-0.4, -0.2) is 64.5 Å². The van der Waals surface area contributed by atoms with Gasteiger partial charge in [0.2, 0.25) is 0 Å². The van der Waals surface area contributed by atoms with Crippen LogP contribution in [0.1, 0.15) is 33.3 Å². The molecule has 0 saturated carbocycles. The Morgan fingerprint density at radius 3 is 2.63 bits per heavy atom. The van der Waals surface area contributed by atoms with Crippen molar-refractivity contribution in [2.24, 2.45) is 4.99 Å². The Bertz CT molecular complexity index is 785. The minimum Gasteiger partial charge on any atom is -0.443 e. The van der Waals surface area contributed by atoms with E-state index in [1.165, 1.54) is 4.90 Å². The number of rotatable bonds is 5. The number of halogens is 1. The zero-order valence-electron chi connectivity index (χ0n) is 17.5. The van der Waals surface area contributed by atoms with E-state index in [4.69, 9.17) is 14.2 Å². The Morgan fingerprint density at radius 2 is 2.03 bits per heavy atom. The zero-order valence-corrected chi connectivity index (χ0v) is 18.3. The van der Waals surface area contributed by atoms with E-state index in [0.29, 0.717) is 18.0 Å². The van der Waals surface area contributed by atoms with Crippen molar-refractivity contribution in [1.29, 1.82) is 0 Å². The molecular weight excluding hydrogens is 411 g/mol. The average molecular weight is 439 g/mol. The van der Waals surface area contributed by atoms with E-state index in [1.54, 1.807) is 27.7 Å². The van der Waals surface area contributed by atoms with Gasteiger partial charge in [-0.15, -0.1) is 0 Å². The van der Waals surface area contributed by atoms with Crippen LogP contribution in [0.25, 0.3) is 0 Å². The molecule has 30 heavy (non-hydrogen) atoms. The molecule has 9 heteroatoms. The fraction of sp³-hybridized carbons (Fsp3) is 0.571. The molecule has 2 aliphatic rings. The molecule has 1 saturated heterocycles. The monoisotopic (exact) mass is 438 g/mol. The van der Waals surface area contributed by atoms with Gasteiger partial charge in [-0.3, -0.25) is 9.89 Å². The van der Waals surface area contributed by atoms with Crippen LogP contribution in [0.5, 0.6) is 0 Å². The Kier molecular flexibility index (Phi) is 7.15. The molecule has 1 aromatic carbocycles. The largest absolute Gasteiger partial charge is 0.443 e. The summed E-state index contributed by atoms with van der Waals surface area (Å²) in [4.78, 5) is 29.8. The summed E-state index contributed by atoms with van der Waals surface area (Å²) < 4.78 is 32.2. The number of aldehydes is 1. The smallest absolute Gasteiger partial charge is 0.416 e. The van der Waals surface area contributed by atoms with Crippen molar-refractivity contribution in [3.63, 3.8) is 0 Å². The van der Waals surface area contributed by atoms with Crippen LogP contribution in [-0.2, 0) is 25.6 Å². The molecular formula is C21H27FN2O5S. The summed E-state index contributed by atoms with van der Waals surface area (Å²) in [6.07, 6.45) is -3.69. The lowest BCUT2D eigenvalue weighted by Gasteiger charge is -2.37. The van der Waals surface area contributed by atoms with E-state index in [9.17, 15) is 9.59 Å². The highest BCUT2D eigenvalue weighted by Gasteiger charge is 2.51. The molecule has 0 aromatic heterocycles. The Labute approximate surface area is 180 Å². The maximum absolute atomic E-state index is 15.3. The van der Waals surface area contributed by atoms with Gasteiger partial charge in [0, 0.05) is 6.54 Å². The number of alkyl halides is 1. The van der Waals surface area contributed by atoms with Gasteiger partial charge in [0.25, 0.3) is 0 Å². The average Bonchev–Trinajstić information content (AvgIpc) is 3.11. The first-order valence-corrected chi connectivity index (χ1v) is 10.8. The molecule has 0 radical (unpaired) electrons. The van der Waals surface area contributed by atoms with Crippen molar-refractivity contribution in [3.05, 3.63) is 35.9 Å². The van der Waals surface area contributed by atoms with Crippen molar-refractivity contribution in [2.75, 3.05) is 6.54 Å². The summed E-state index contributed by atoms with van der Waals surface area (Å²) in [6, 6.07) is 8.43. The SMILES string of the molecule is CCN(C(=O)OC(C)(C)C)C1=N[C@@H]2[C@@H](F)[C@H](OCc3ccccc3)[C@@H](C=O)O[C@@H]2S1. The summed E-state index contributed by atoms with van der Waals surface area (Å²) in [6.45, 7) is 7.55. The highest BCUT2D eigenvalue weighted by atomic mass is 32.2. The van der Waals surface area contributed by atoms with Crippen molar-refractivity contribution in [3.8, 4) is 0 Å². The van der Waals surface area contributed by atoms with Crippen LogP contribution in [0.2, 0.25) is 0 Å². The number of carbonyl (C=O) groups is 2. The lowest BCUT2D eigenvalue weighted by atomic mass is 10.00. The van der Waals surface area contributed by atoms with Crippen LogP contribution in [0.15, 0.2) is 35.3 Å².